The summed E-state index contributed by atoms with van der Waals surface area (Å²) >= 11 is 7.93. The molecule has 2 heterocycles. The Kier molecular flexibility index (Phi) is 2.69. The Bertz CT molecular complexity index is 729. The molecule has 0 bridgehead atoms. The third-order valence-corrected chi connectivity index (χ3v) is 5.05. The molecule has 0 radical (unpaired) electrons. The lowest BCUT2D eigenvalue weighted by atomic mass is 10.1. The maximum absolute atomic E-state index is 6.17. The van der Waals surface area contributed by atoms with Crippen LogP contribution in [-0.4, -0.2) is 12.5 Å². The molecule has 0 spiro atoms. The van der Waals surface area contributed by atoms with Gasteiger partial charge in [-0.15, -0.1) is 0 Å². The van der Waals surface area contributed by atoms with Crippen molar-refractivity contribution >= 4 is 35.0 Å². The van der Waals surface area contributed by atoms with E-state index in [9.17, 15) is 0 Å². The van der Waals surface area contributed by atoms with Gasteiger partial charge in [-0.25, -0.2) is 0 Å². The summed E-state index contributed by atoms with van der Waals surface area (Å²) in [6, 6.07) is 14.5. The van der Waals surface area contributed by atoms with Crippen LogP contribution in [0.25, 0.3) is 0 Å². The summed E-state index contributed by atoms with van der Waals surface area (Å²) in [5, 5.41) is 0.751. The molecule has 0 amide bonds. The molecule has 1 atom stereocenters. The van der Waals surface area contributed by atoms with Gasteiger partial charge in [-0.2, -0.15) is 0 Å². The molecule has 20 heavy (non-hydrogen) atoms. The first-order valence-electron chi connectivity index (χ1n) is 6.39. The Labute approximate surface area is 126 Å². The molecule has 100 valence electrons. The van der Waals surface area contributed by atoms with Crippen molar-refractivity contribution in [2.75, 3.05) is 11.4 Å². The molecule has 1 unspecified atom stereocenters. The highest BCUT2D eigenvalue weighted by Crippen LogP contribution is 2.47. The van der Waals surface area contributed by atoms with Gasteiger partial charge in [-0.05, 0) is 35.9 Å². The number of guanidine groups is 1. The first kappa shape index (κ1) is 12.1. The van der Waals surface area contributed by atoms with Crippen molar-refractivity contribution < 1.29 is 0 Å². The predicted molar refractivity (Wildman–Crippen MR) is 83.7 cm³/mol. The Morgan fingerprint density at radius 1 is 1.20 bits per heavy atom. The Hall–Kier alpha value is -1.65. The van der Waals surface area contributed by atoms with Crippen LogP contribution in [0.5, 0.6) is 0 Å². The molecule has 0 saturated carbocycles. The fraction of sp³-hybridized carbons (Fsp3) is 0.133. The van der Waals surface area contributed by atoms with Crippen LogP contribution >= 0.6 is 23.4 Å². The molecule has 0 fully saturated rings. The highest BCUT2D eigenvalue weighted by Gasteiger charge is 2.34. The molecule has 2 N–H and O–H groups in total. The average Bonchev–Trinajstić information content (AvgIpc) is 2.76. The number of aliphatic imine (C=N–C) groups is 1. The molecule has 2 aromatic carbocycles. The second kappa shape index (κ2) is 4.43. The van der Waals surface area contributed by atoms with Crippen LogP contribution in [0.1, 0.15) is 11.6 Å². The van der Waals surface area contributed by atoms with Crippen molar-refractivity contribution in [1.82, 2.24) is 0 Å². The van der Waals surface area contributed by atoms with Crippen molar-refractivity contribution in [2.45, 2.75) is 15.8 Å². The molecular formula is C15H12ClN3S. The monoisotopic (exact) mass is 301 g/mol. The Morgan fingerprint density at radius 2 is 2.05 bits per heavy atom. The largest absolute Gasteiger partial charge is 0.369 e. The zero-order valence-electron chi connectivity index (χ0n) is 10.6. The summed E-state index contributed by atoms with van der Waals surface area (Å²) in [5.74, 6) is 0.580. The third-order valence-electron chi connectivity index (χ3n) is 3.66. The normalized spacial score (nSPS) is 19.8. The quantitative estimate of drug-likeness (QED) is 0.807. The van der Waals surface area contributed by atoms with Crippen LogP contribution < -0.4 is 10.6 Å². The minimum Gasteiger partial charge on any atom is -0.369 e. The number of benzene rings is 2. The van der Waals surface area contributed by atoms with Crippen LogP contribution in [-0.2, 0) is 0 Å². The summed E-state index contributed by atoms with van der Waals surface area (Å²) in [6.45, 7) is 0.675. The zero-order chi connectivity index (χ0) is 13.7. The number of hydrogen-bond acceptors (Lipinski definition) is 4. The molecule has 0 aliphatic carbocycles. The van der Waals surface area contributed by atoms with E-state index in [1.807, 2.05) is 24.3 Å². The second-order valence-corrected chi connectivity index (χ2v) is 6.36. The van der Waals surface area contributed by atoms with Crippen LogP contribution in [0.4, 0.5) is 5.69 Å². The highest BCUT2D eigenvalue weighted by molar-refractivity contribution is 7.99. The van der Waals surface area contributed by atoms with E-state index in [4.69, 9.17) is 17.3 Å². The maximum Gasteiger partial charge on any atom is 0.196 e. The number of nitrogens with two attached hydrogens (primary N) is 1. The lowest BCUT2D eigenvalue weighted by Crippen LogP contribution is -2.36. The minimum absolute atomic E-state index is 0.139. The second-order valence-electron chi connectivity index (χ2n) is 4.84. The first-order chi connectivity index (χ1) is 9.74. The predicted octanol–water partition coefficient (Wildman–Crippen LogP) is 3.68. The average molecular weight is 302 g/mol. The van der Waals surface area contributed by atoms with Gasteiger partial charge in [-0.3, -0.25) is 4.99 Å². The standard InChI is InChI=1S/C15H12ClN3S/c16-9-5-6-13-10(7-9)12-8-18-15(17)19(12)11-3-1-2-4-14(11)20-13/h1-7,12H,8H2,(H2,17,18). The fourth-order valence-electron chi connectivity index (χ4n) is 2.76. The van der Waals surface area contributed by atoms with E-state index in [-0.39, 0.29) is 6.04 Å². The van der Waals surface area contributed by atoms with Crippen molar-refractivity contribution in [1.29, 1.82) is 0 Å². The SMILES string of the molecule is NC1=NCC2c3cc(Cl)ccc3Sc3ccccc3N12. The molecule has 2 aromatic rings. The number of para-hydroxylation sites is 1. The number of rotatable bonds is 0. The summed E-state index contributed by atoms with van der Waals surface area (Å²) in [7, 11) is 0. The number of halogens is 1. The highest BCUT2D eigenvalue weighted by atomic mass is 35.5. The van der Waals surface area contributed by atoms with E-state index in [0.29, 0.717) is 12.5 Å². The van der Waals surface area contributed by atoms with Gasteiger partial charge in [0, 0.05) is 14.8 Å². The van der Waals surface area contributed by atoms with Crippen molar-refractivity contribution in [3.63, 3.8) is 0 Å². The molecule has 2 aliphatic rings. The number of nitrogens with zero attached hydrogens (tertiary/aromatic N) is 2. The molecule has 5 heteroatoms. The summed E-state index contributed by atoms with van der Waals surface area (Å²) in [5.41, 5.74) is 8.42. The van der Waals surface area contributed by atoms with E-state index in [1.165, 1.54) is 15.4 Å². The van der Waals surface area contributed by atoms with Gasteiger partial charge in [0.15, 0.2) is 5.96 Å². The van der Waals surface area contributed by atoms with Crippen LogP contribution in [0.15, 0.2) is 57.2 Å². The fourth-order valence-corrected chi connectivity index (χ4v) is 4.04. The van der Waals surface area contributed by atoms with Crippen molar-refractivity contribution in [3.8, 4) is 0 Å². The lowest BCUT2D eigenvalue weighted by Gasteiger charge is -2.26. The molecular weight excluding hydrogens is 290 g/mol. The van der Waals surface area contributed by atoms with Crippen molar-refractivity contribution in [3.05, 3.63) is 53.1 Å². The zero-order valence-corrected chi connectivity index (χ0v) is 12.2. The number of hydrogen-bond donors (Lipinski definition) is 1. The third kappa shape index (κ3) is 1.72. The van der Waals surface area contributed by atoms with Gasteiger partial charge >= 0.3 is 0 Å². The summed E-state index contributed by atoms with van der Waals surface area (Å²) < 4.78 is 0. The van der Waals surface area contributed by atoms with Gasteiger partial charge in [0.25, 0.3) is 0 Å². The van der Waals surface area contributed by atoms with Crippen molar-refractivity contribution in [2.24, 2.45) is 10.7 Å². The lowest BCUT2D eigenvalue weighted by molar-refractivity contribution is 0.753. The van der Waals surface area contributed by atoms with Crippen LogP contribution in [0, 0.1) is 0 Å². The van der Waals surface area contributed by atoms with Gasteiger partial charge in [0.1, 0.15) is 0 Å². The molecule has 4 rings (SSSR count). The maximum atomic E-state index is 6.17. The van der Waals surface area contributed by atoms with Crippen LogP contribution in [0.3, 0.4) is 0 Å². The van der Waals surface area contributed by atoms with Gasteiger partial charge in [0.05, 0.1) is 18.3 Å². The summed E-state index contributed by atoms with van der Waals surface area (Å²) in [6.07, 6.45) is 0. The van der Waals surface area contributed by atoms with Crippen LogP contribution in [0.2, 0.25) is 5.02 Å². The smallest absolute Gasteiger partial charge is 0.196 e. The number of anilines is 1. The van der Waals surface area contributed by atoms with E-state index < -0.39 is 0 Å². The van der Waals surface area contributed by atoms with E-state index in [1.54, 1.807) is 11.8 Å². The number of fused-ring (bicyclic) bond motifs is 5. The van der Waals surface area contributed by atoms with E-state index in [2.05, 4.69) is 28.1 Å². The molecule has 0 aromatic heterocycles. The first-order valence-corrected chi connectivity index (χ1v) is 7.59. The Balaban J connectivity index is 1.97. The van der Waals surface area contributed by atoms with E-state index >= 15 is 0 Å². The summed E-state index contributed by atoms with van der Waals surface area (Å²) in [4.78, 5) is 8.95. The minimum atomic E-state index is 0.139. The molecule has 2 aliphatic heterocycles. The topological polar surface area (TPSA) is 41.6 Å². The van der Waals surface area contributed by atoms with Gasteiger partial charge < -0.3 is 10.6 Å². The van der Waals surface area contributed by atoms with E-state index in [0.717, 1.165) is 10.7 Å². The molecule has 3 nitrogen and oxygen atoms in total. The molecule has 0 saturated heterocycles. The Morgan fingerprint density at radius 3 is 2.95 bits per heavy atom. The van der Waals surface area contributed by atoms with Gasteiger partial charge in [-0.1, -0.05) is 35.5 Å². The van der Waals surface area contributed by atoms with Gasteiger partial charge in [0.2, 0.25) is 0 Å².